The van der Waals surface area contributed by atoms with Gasteiger partial charge in [-0.1, -0.05) is 26.0 Å². The number of ether oxygens (including phenoxy) is 3. The van der Waals surface area contributed by atoms with E-state index in [4.69, 9.17) is 19.2 Å². The minimum absolute atomic E-state index is 0.142. The van der Waals surface area contributed by atoms with Crippen LogP contribution in [0.15, 0.2) is 76.8 Å². The lowest BCUT2D eigenvalue weighted by Crippen LogP contribution is -2.21. The van der Waals surface area contributed by atoms with E-state index in [0.29, 0.717) is 44.0 Å². The normalized spacial score (nSPS) is 11.4. The van der Waals surface area contributed by atoms with Gasteiger partial charge in [0.1, 0.15) is 11.9 Å². The van der Waals surface area contributed by atoms with E-state index in [9.17, 15) is 14.9 Å². The van der Waals surface area contributed by atoms with Crippen LogP contribution in [0.3, 0.4) is 0 Å². The van der Waals surface area contributed by atoms with Crippen molar-refractivity contribution in [3.8, 4) is 34.5 Å². The highest BCUT2D eigenvalue weighted by atomic mass is 127. The Labute approximate surface area is 272 Å². The molecule has 2 heterocycles. The highest BCUT2D eigenvalue weighted by molar-refractivity contribution is 14.1. The van der Waals surface area contributed by atoms with Gasteiger partial charge in [0.25, 0.3) is 11.2 Å². The van der Waals surface area contributed by atoms with Crippen molar-refractivity contribution in [3.05, 3.63) is 108 Å². The van der Waals surface area contributed by atoms with E-state index >= 15 is 0 Å². The summed E-state index contributed by atoms with van der Waals surface area (Å²) in [5, 5.41) is 16.1. The van der Waals surface area contributed by atoms with Gasteiger partial charge in [0.2, 0.25) is 5.88 Å². The molecule has 0 aliphatic heterocycles. The third-order valence-corrected chi connectivity index (χ3v) is 7.79. The lowest BCUT2D eigenvalue weighted by Gasteiger charge is -2.17. The minimum atomic E-state index is -0.527. The Morgan fingerprint density at radius 3 is 2.56 bits per heavy atom. The van der Waals surface area contributed by atoms with Crippen LogP contribution in [0.2, 0.25) is 0 Å². The lowest BCUT2D eigenvalue weighted by atomic mass is 9.96. The molecule has 0 aliphatic carbocycles. The maximum Gasteiger partial charge on any atom is 0.287 e. The Hall–Kier alpha value is -4.85. The van der Waals surface area contributed by atoms with Crippen molar-refractivity contribution in [2.45, 2.75) is 33.6 Å². The SMILES string of the molecule is CCOc1cc(C=Nn2c(-c3cc(C(C)C)c(OC)cc3C)nc3ccccc3c2=O)cc(I)c1Oc1ccc([N+](=O)[O-])cn1. The number of benzene rings is 3. The van der Waals surface area contributed by atoms with Crippen molar-refractivity contribution in [1.29, 1.82) is 0 Å². The van der Waals surface area contributed by atoms with Crippen molar-refractivity contribution in [2.75, 3.05) is 13.7 Å². The molecular formula is C33H30IN5O6. The van der Waals surface area contributed by atoms with E-state index < -0.39 is 4.92 Å². The van der Waals surface area contributed by atoms with Gasteiger partial charge in [-0.05, 0) is 95.4 Å². The predicted molar refractivity (Wildman–Crippen MR) is 181 cm³/mol. The fraction of sp³-hybridized carbons (Fsp3) is 0.212. The highest BCUT2D eigenvalue weighted by Gasteiger charge is 2.19. The van der Waals surface area contributed by atoms with Crippen LogP contribution in [-0.2, 0) is 0 Å². The van der Waals surface area contributed by atoms with Crippen LogP contribution >= 0.6 is 22.6 Å². The molecule has 0 aliphatic rings. The molecule has 12 heteroatoms. The van der Waals surface area contributed by atoms with Gasteiger partial charge < -0.3 is 14.2 Å². The molecule has 0 fully saturated rings. The number of pyridine rings is 1. The van der Waals surface area contributed by atoms with Gasteiger partial charge in [-0.2, -0.15) is 9.78 Å². The number of rotatable bonds is 10. The predicted octanol–water partition coefficient (Wildman–Crippen LogP) is 7.48. The molecule has 5 rings (SSSR count). The van der Waals surface area contributed by atoms with E-state index in [2.05, 4.69) is 46.5 Å². The Bertz CT molecular complexity index is 1990. The third kappa shape index (κ3) is 6.65. The zero-order valence-corrected chi connectivity index (χ0v) is 27.4. The fourth-order valence-electron chi connectivity index (χ4n) is 4.77. The van der Waals surface area contributed by atoms with Gasteiger partial charge in [-0.15, -0.1) is 0 Å². The van der Waals surface area contributed by atoms with Crippen molar-refractivity contribution < 1.29 is 19.1 Å². The summed E-state index contributed by atoms with van der Waals surface area (Å²) < 4.78 is 19.5. The molecule has 11 nitrogen and oxygen atoms in total. The Kier molecular flexibility index (Phi) is 9.42. The molecule has 0 spiro atoms. The van der Waals surface area contributed by atoms with Crippen LogP contribution in [0.1, 0.15) is 43.4 Å². The number of halogens is 1. The molecule has 3 aromatic carbocycles. The molecule has 0 radical (unpaired) electrons. The van der Waals surface area contributed by atoms with Gasteiger partial charge >= 0.3 is 0 Å². The lowest BCUT2D eigenvalue weighted by molar-refractivity contribution is -0.385. The third-order valence-electron chi connectivity index (χ3n) is 6.99. The second-order valence-electron chi connectivity index (χ2n) is 10.4. The molecule has 5 aromatic rings. The fourth-order valence-corrected chi connectivity index (χ4v) is 5.50. The van der Waals surface area contributed by atoms with Crippen LogP contribution in [0.5, 0.6) is 23.1 Å². The molecule has 0 bridgehead atoms. The average Bonchev–Trinajstić information content (AvgIpc) is 3.02. The Balaban J connectivity index is 1.61. The summed E-state index contributed by atoms with van der Waals surface area (Å²) in [5.74, 6) is 2.34. The summed E-state index contributed by atoms with van der Waals surface area (Å²) in [6.45, 7) is 8.31. The van der Waals surface area contributed by atoms with E-state index in [1.165, 1.54) is 16.8 Å². The Morgan fingerprint density at radius 1 is 1.11 bits per heavy atom. The molecule has 0 atom stereocenters. The molecule has 0 saturated carbocycles. The van der Waals surface area contributed by atoms with Crippen LogP contribution in [0.4, 0.5) is 5.69 Å². The largest absolute Gasteiger partial charge is 0.496 e. The number of hydrogen-bond acceptors (Lipinski definition) is 9. The van der Waals surface area contributed by atoms with Crippen LogP contribution in [-0.4, -0.2) is 39.5 Å². The molecule has 0 saturated heterocycles. The summed E-state index contributed by atoms with van der Waals surface area (Å²) in [4.78, 5) is 33.3. The zero-order valence-electron chi connectivity index (χ0n) is 25.3. The monoisotopic (exact) mass is 719 g/mol. The molecule has 0 unspecified atom stereocenters. The number of fused-ring (bicyclic) bond motifs is 1. The van der Waals surface area contributed by atoms with E-state index in [-0.39, 0.29) is 23.0 Å². The number of nitro groups is 1. The van der Waals surface area contributed by atoms with Gasteiger partial charge in [0.05, 0.1) is 39.3 Å². The summed E-state index contributed by atoms with van der Waals surface area (Å²) in [6, 6.07) is 17.5. The first-order chi connectivity index (χ1) is 21.6. The summed E-state index contributed by atoms with van der Waals surface area (Å²) in [7, 11) is 1.64. The number of methoxy groups -OCH3 is 1. The summed E-state index contributed by atoms with van der Waals surface area (Å²) >= 11 is 2.11. The number of hydrogen-bond donors (Lipinski definition) is 0. The molecule has 0 N–H and O–H groups in total. The van der Waals surface area contributed by atoms with Gasteiger partial charge in [-0.25, -0.2) is 9.97 Å². The molecule has 0 amide bonds. The van der Waals surface area contributed by atoms with Crippen molar-refractivity contribution in [2.24, 2.45) is 5.10 Å². The minimum Gasteiger partial charge on any atom is -0.496 e. The van der Waals surface area contributed by atoms with E-state index in [0.717, 1.165) is 28.6 Å². The Morgan fingerprint density at radius 2 is 1.89 bits per heavy atom. The molecule has 230 valence electrons. The second-order valence-corrected chi connectivity index (χ2v) is 11.5. The van der Waals surface area contributed by atoms with Crippen LogP contribution in [0, 0.1) is 20.6 Å². The average molecular weight is 720 g/mol. The van der Waals surface area contributed by atoms with Crippen molar-refractivity contribution in [3.63, 3.8) is 0 Å². The quantitative estimate of drug-likeness (QED) is 0.0629. The van der Waals surface area contributed by atoms with E-state index in [1.807, 2.05) is 44.2 Å². The first-order valence-corrected chi connectivity index (χ1v) is 15.2. The standard InChI is InChI=1S/C33H30IN5O6/c1-6-44-29-15-21(14-26(34)31(29)45-30-12-11-22(18-35-30)39(41)42)17-36-38-32(37-27-10-8-7-9-23(27)33(38)40)25-16-24(19(2)3)28(43-5)13-20(25)4/h7-19H,6H2,1-5H3. The number of aromatic nitrogens is 3. The van der Waals surface area contributed by atoms with Crippen LogP contribution in [0.25, 0.3) is 22.3 Å². The zero-order chi connectivity index (χ0) is 32.2. The van der Waals surface area contributed by atoms with Crippen molar-refractivity contribution in [1.82, 2.24) is 14.6 Å². The first kappa shape index (κ1) is 31.6. The number of nitrogens with zero attached hydrogens (tertiary/aromatic N) is 5. The number of aryl methyl sites for hydroxylation is 1. The second kappa shape index (κ2) is 13.4. The van der Waals surface area contributed by atoms with Gasteiger partial charge in [0, 0.05) is 17.7 Å². The van der Waals surface area contributed by atoms with Crippen molar-refractivity contribution >= 4 is 45.4 Å². The van der Waals surface area contributed by atoms with Gasteiger partial charge in [0.15, 0.2) is 17.3 Å². The maximum atomic E-state index is 13.8. The highest BCUT2D eigenvalue weighted by Crippen LogP contribution is 2.37. The maximum absolute atomic E-state index is 13.8. The summed E-state index contributed by atoms with van der Waals surface area (Å²) in [5.41, 5.74) is 3.41. The first-order valence-electron chi connectivity index (χ1n) is 14.1. The topological polar surface area (TPSA) is 131 Å². The molecule has 45 heavy (non-hydrogen) atoms. The van der Waals surface area contributed by atoms with Gasteiger partial charge in [-0.3, -0.25) is 14.9 Å². The summed E-state index contributed by atoms with van der Waals surface area (Å²) in [6.07, 6.45) is 2.70. The molecule has 2 aromatic heterocycles. The van der Waals surface area contributed by atoms with E-state index in [1.54, 1.807) is 31.5 Å². The van der Waals surface area contributed by atoms with Crippen LogP contribution < -0.4 is 19.8 Å². The smallest absolute Gasteiger partial charge is 0.287 e. The number of para-hydroxylation sites is 1. The molecular weight excluding hydrogens is 689 g/mol.